The molecule has 0 bridgehead atoms. The maximum atomic E-state index is 10.3. The zero-order valence-electron chi connectivity index (χ0n) is 13.9. The number of nitriles is 1. The molecule has 1 N–H and O–H groups in total. The number of carbonyl (C=O) groups excluding carboxylic acids is 1. The first-order valence-corrected chi connectivity index (χ1v) is 8.99. The Hall–Kier alpha value is -1.51. The average Bonchev–Trinajstić information content (AvgIpc) is 3.33. The molecule has 23 heavy (non-hydrogen) atoms. The van der Waals surface area contributed by atoms with Gasteiger partial charge >= 0.3 is 0 Å². The Morgan fingerprint density at radius 2 is 2.09 bits per heavy atom. The van der Waals surface area contributed by atoms with Gasteiger partial charge in [0, 0.05) is 24.5 Å². The van der Waals surface area contributed by atoms with Crippen LogP contribution >= 0.6 is 11.9 Å². The van der Waals surface area contributed by atoms with Gasteiger partial charge in [0.2, 0.25) is 6.41 Å². The van der Waals surface area contributed by atoms with Gasteiger partial charge in [-0.05, 0) is 54.8 Å². The highest BCUT2D eigenvalue weighted by molar-refractivity contribution is 7.97. The fraction of sp³-hybridized carbons (Fsp3) is 0.556. The van der Waals surface area contributed by atoms with Gasteiger partial charge in [-0.3, -0.25) is 4.79 Å². The lowest BCUT2D eigenvalue weighted by atomic mass is 9.98. The molecular formula is C18H25N3OS. The van der Waals surface area contributed by atoms with Crippen molar-refractivity contribution in [2.45, 2.75) is 43.4 Å². The molecule has 124 valence electrons. The molecule has 0 heterocycles. The Labute approximate surface area is 143 Å². The van der Waals surface area contributed by atoms with E-state index >= 15 is 0 Å². The van der Waals surface area contributed by atoms with Gasteiger partial charge < -0.3 is 5.32 Å². The fourth-order valence-electron chi connectivity index (χ4n) is 2.57. The van der Waals surface area contributed by atoms with Crippen LogP contribution < -0.4 is 5.32 Å². The highest BCUT2D eigenvalue weighted by Crippen LogP contribution is 2.47. The van der Waals surface area contributed by atoms with Crippen LogP contribution in [0.5, 0.6) is 0 Å². The monoisotopic (exact) mass is 331 g/mol. The summed E-state index contributed by atoms with van der Waals surface area (Å²) in [5.41, 5.74) is 0.941. The van der Waals surface area contributed by atoms with E-state index in [1.165, 1.54) is 4.90 Å². The Morgan fingerprint density at radius 1 is 1.39 bits per heavy atom. The number of amides is 1. The molecule has 1 amide bonds. The first kappa shape index (κ1) is 17.8. The molecule has 0 saturated heterocycles. The van der Waals surface area contributed by atoms with E-state index in [0.717, 1.165) is 44.3 Å². The van der Waals surface area contributed by atoms with E-state index in [2.05, 4.69) is 53.8 Å². The van der Waals surface area contributed by atoms with Gasteiger partial charge in [-0.2, -0.15) is 5.26 Å². The summed E-state index contributed by atoms with van der Waals surface area (Å²) in [7, 11) is 0. The zero-order chi connectivity index (χ0) is 16.7. The third-order valence-electron chi connectivity index (χ3n) is 3.99. The lowest BCUT2D eigenvalue weighted by Crippen LogP contribution is -2.25. The van der Waals surface area contributed by atoms with Gasteiger partial charge in [0.25, 0.3) is 0 Å². The molecule has 0 spiro atoms. The van der Waals surface area contributed by atoms with Crippen LogP contribution in [0, 0.1) is 17.2 Å². The third kappa shape index (κ3) is 5.26. The number of hydrogen-bond donors (Lipinski definition) is 1. The van der Waals surface area contributed by atoms with Crippen LogP contribution in [-0.4, -0.2) is 30.3 Å². The fourth-order valence-corrected chi connectivity index (χ4v) is 3.72. The van der Waals surface area contributed by atoms with Crippen molar-refractivity contribution in [2.75, 3.05) is 19.6 Å². The second kappa shape index (κ2) is 8.37. The maximum Gasteiger partial charge on any atom is 0.207 e. The molecule has 1 aliphatic carbocycles. The van der Waals surface area contributed by atoms with Gasteiger partial charge in [-0.25, -0.2) is 4.31 Å². The summed E-state index contributed by atoms with van der Waals surface area (Å²) in [4.78, 5) is 11.5. The molecule has 0 aliphatic heterocycles. The smallest absolute Gasteiger partial charge is 0.207 e. The summed E-state index contributed by atoms with van der Waals surface area (Å²) in [6, 6.07) is 10.9. The summed E-state index contributed by atoms with van der Waals surface area (Å²) in [6.45, 7) is 7.08. The van der Waals surface area contributed by atoms with Crippen molar-refractivity contribution in [3.05, 3.63) is 29.8 Å². The van der Waals surface area contributed by atoms with E-state index in [-0.39, 0.29) is 5.41 Å². The predicted octanol–water partition coefficient (Wildman–Crippen LogP) is 3.34. The molecule has 2 rings (SSSR count). The molecule has 5 heteroatoms. The van der Waals surface area contributed by atoms with Crippen molar-refractivity contribution in [2.24, 2.45) is 5.92 Å². The highest BCUT2D eigenvalue weighted by atomic mass is 32.2. The summed E-state index contributed by atoms with van der Waals surface area (Å²) >= 11 is 1.76. The van der Waals surface area contributed by atoms with Crippen molar-refractivity contribution in [1.82, 2.24) is 9.62 Å². The molecule has 1 aromatic carbocycles. The van der Waals surface area contributed by atoms with Crippen LogP contribution in [0.25, 0.3) is 0 Å². The molecule has 1 fully saturated rings. The third-order valence-corrected chi connectivity index (χ3v) is 5.06. The van der Waals surface area contributed by atoms with Crippen LogP contribution in [0.4, 0.5) is 0 Å². The first-order chi connectivity index (χ1) is 11.1. The van der Waals surface area contributed by atoms with E-state index in [1.807, 2.05) is 0 Å². The van der Waals surface area contributed by atoms with Crippen LogP contribution in [0.2, 0.25) is 0 Å². The molecule has 0 unspecified atom stereocenters. The SMILES string of the molecule is CC(C)CN(CCCNC=O)Sc1ccc(C2(C#N)CC2)cc1. The van der Waals surface area contributed by atoms with E-state index in [9.17, 15) is 10.1 Å². The minimum absolute atomic E-state index is 0.207. The molecule has 0 atom stereocenters. The van der Waals surface area contributed by atoms with Crippen LogP contribution in [0.15, 0.2) is 29.2 Å². The van der Waals surface area contributed by atoms with Crippen molar-refractivity contribution < 1.29 is 4.79 Å². The lowest BCUT2D eigenvalue weighted by Gasteiger charge is -2.23. The molecule has 0 radical (unpaired) electrons. The second-order valence-corrected chi connectivity index (χ2v) is 7.69. The van der Waals surface area contributed by atoms with E-state index in [0.29, 0.717) is 12.5 Å². The normalized spacial score (nSPS) is 15.4. The number of nitrogens with zero attached hydrogens (tertiary/aromatic N) is 2. The molecule has 1 saturated carbocycles. The topological polar surface area (TPSA) is 56.1 Å². The highest BCUT2D eigenvalue weighted by Gasteiger charge is 2.44. The van der Waals surface area contributed by atoms with E-state index < -0.39 is 0 Å². The second-order valence-electron chi connectivity index (χ2n) is 6.52. The molecular weight excluding hydrogens is 306 g/mol. The summed E-state index contributed by atoms with van der Waals surface area (Å²) < 4.78 is 2.35. The number of rotatable bonds is 10. The molecule has 1 aliphatic rings. The summed E-state index contributed by atoms with van der Waals surface area (Å²) in [6.07, 6.45) is 3.66. The number of nitrogens with one attached hydrogen (secondary N) is 1. The van der Waals surface area contributed by atoms with Gasteiger partial charge in [-0.1, -0.05) is 26.0 Å². The number of carbonyl (C=O) groups is 1. The van der Waals surface area contributed by atoms with Crippen LogP contribution in [0.3, 0.4) is 0 Å². The van der Waals surface area contributed by atoms with Crippen molar-refractivity contribution in [3.63, 3.8) is 0 Å². The zero-order valence-corrected chi connectivity index (χ0v) is 14.7. The van der Waals surface area contributed by atoms with E-state index in [1.54, 1.807) is 11.9 Å². The Balaban J connectivity index is 1.92. The minimum Gasteiger partial charge on any atom is -0.359 e. The lowest BCUT2D eigenvalue weighted by molar-refractivity contribution is -0.109. The molecule has 0 aromatic heterocycles. The van der Waals surface area contributed by atoms with Crippen LogP contribution in [0.1, 0.15) is 38.7 Å². The standard InChI is InChI=1S/C18H25N3OS/c1-15(2)12-21(11-3-10-20-14-22)23-17-6-4-16(5-7-17)18(13-19)8-9-18/h4-7,14-15H,3,8-12H2,1-2H3,(H,20,22). The molecule has 4 nitrogen and oxygen atoms in total. The van der Waals surface area contributed by atoms with Gasteiger partial charge in [0.15, 0.2) is 0 Å². The quantitative estimate of drug-likeness (QED) is 0.406. The molecule has 1 aromatic rings. The Kier molecular flexibility index (Phi) is 6.49. The van der Waals surface area contributed by atoms with Crippen molar-refractivity contribution in [3.8, 4) is 6.07 Å². The van der Waals surface area contributed by atoms with Gasteiger partial charge in [0.05, 0.1) is 11.5 Å². The number of benzene rings is 1. The minimum atomic E-state index is -0.207. The van der Waals surface area contributed by atoms with Gasteiger partial charge in [0.1, 0.15) is 0 Å². The summed E-state index contributed by atoms with van der Waals surface area (Å²) in [5, 5.41) is 12.0. The van der Waals surface area contributed by atoms with E-state index in [4.69, 9.17) is 0 Å². The predicted molar refractivity (Wildman–Crippen MR) is 93.9 cm³/mol. The van der Waals surface area contributed by atoms with Crippen molar-refractivity contribution in [1.29, 1.82) is 5.26 Å². The Morgan fingerprint density at radius 3 is 2.61 bits per heavy atom. The largest absolute Gasteiger partial charge is 0.359 e. The first-order valence-electron chi connectivity index (χ1n) is 8.21. The Bertz CT molecular complexity index is 546. The van der Waals surface area contributed by atoms with Crippen LogP contribution in [-0.2, 0) is 10.2 Å². The van der Waals surface area contributed by atoms with Gasteiger partial charge in [-0.15, -0.1) is 0 Å². The summed E-state index contributed by atoms with van der Waals surface area (Å²) in [5.74, 6) is 0.592. The average molecular weight is 331 g/mol. The van der Waals surface area contributed by atoms with Crippen molar-refractivity contribution >= 4 is 18.4 Å². The maximum absolute atomic E-state index is 10.3. The number of hydrogen-bond acceptors (Lipinski definition) is 4.